The quantitative estimate of drug-likeness (QED) is 0.559. The van der Waals surface area contributed by atoms with Gasteiger partial charge in [0.25, 0.3) is 0 Å². The lowest BCUT2D eigenvalue weighted by Crippen LogP contribution is -2.48. The van der Waals surface area contributed by atoms with Gasteiger partial charge in [-0.05, 0) is 45.6 Å². The molecule has 0 bridgehead atoms. The Morgan fingerprint density at radius 3 is 2.41 bits per heavy atom. The summed E-state index contributed by atoms with van der Waals surface area (Å²) in [5.41, 5.74) is 8.45. The van der Waals surface area contributed by atoms with Crippen LogP contribution in [0.1, 0.15) is 28.4 Å². The second-order valence-corrected chi connectivity index (χ2v) is 7.86. The molecule has 0 saturated carbocycles. The molecule has 0 amide bonds. The molecule has 6 rings (SSSR count). The monoisotopic (exact) mass is 376 g/mol. The van der Waals surface area contributed by atoms with Crippen LogP contribution in [0.3, 0.4) is 0 Å². The van der Waals surface area contributed by atoms with Crippen LogP contribution in [0, 0.1) is 0 Å². The first-order chi connectivity index (χ1) is 14.2. The van der Waals surface area contributed by atoms with Crippen molar-refractivity contribution in [1.29, 1.82) is 0 Å². The zero-order chi connectivity index (χ0) is 19.6. The van der Waals surface area contributed by atoms with Crippen LogP contribution in [0.4, 0.5) is 0 Å². The molecule has 2 aliphatic carbocycles. The summed E-state index contributed by atoms with van der Waals surface area (Å²) in [4.78, 5) is 0. The van der Waals surface area contributed by atoms with E-state index in [0.717, 1.165) is 27.9 Å². The van der Waals surface area contributed by atoms with E-state index in [2.05, 4.69) is 86.0 Å². The molecule has 0 saturated heterocycles. The third-order valence-corrected chi connectivity index (χ3v) is 6.16. The van der Waals surface area contributed by atoms with Crippen LogP contribution in [0.15, 0.2) is 103 Å². The number of rotatable bonds is 0. The van der Waals surface area contributed by atoms with Gasteiger partial charge in [-0.3, -0.25) is 0 Å². The van der Waals surface area contributed by atoms with Gasteiger partial charge in [0, 0.05) is 11.1 Å². The molecule has 0 aromatic heterocycles. The van der Waals surface area contributed by atoms with Crippen molar-refractivity contribution in [3.63, 3.8) is 0 Å². The Morgan fingerprint density at radius 2 is 1.52 bits per heavy atom. The topological polar surface area (TPSA) is 18.5 Å². The molecular weight excluding hydrogens is 356 g/mol. The average molecular weight is 376 g/mol. The van der Waals surface area contributed by atoms with E-state index < -0.39 is 5.79 Å². The van der Waals surface area contributed by atoms with E-state index in [9.17, 15) is 0 Å². The van der Waals surface area contributed by atoms with E-state index in [0.29, 0.717) is 0 Å². The fourth-order valence-electron chi connectivity index (χ4n) is 4.69. The van der Waals surface area contributed by atoms with Crippen molar-refractivity contribution in [2.45, 2.75) is 18.0 Å². The maximum absolute atomic E-state index is 6.69. The highest BCUT2D eigenvalue weighted by molar-refractivity contribution is 5.84. The lowest BCUT2D eigenvalue weighted by Gasteiger charge is -2.47. The van der Waals surface area contributed by atoms with E-state index >= 15 is 0 Å². The van der Waals surface area contributed by atoms with Crippen LogP contribution in [-0.4, -0.2) is 11.9 Å². The molecule has 2 heteroatoms. The first-order valence-corrected chi connectivity index (χ1v) is 9.88. The highest BCUT2D eigenvalue weighted by atomic mass is 16.7. The number of ether oxygens (including phenoxy) is 2. The summed E-state index contributed by atoms with van der Waals surface area (Å²) in [6.45, 7) is 8.64. The minimum Gasteiger partial charge on any atom is -0.330 e. The van der Waals surface area contributed by atoms with Crippen LogP contribution in [0.25, 0.3) is 17.7 Å². The molecule has 3 unspecified atom stereocenters. The SMILES string of the molecule is C=C1C=C2c3ccccc3C=CC2OC12OC1C(=CC2=C)C=Cc2ccccc21. The van der Waals surface area contributed by atoms with Gasteiger partial charge in [0.15, 0.2) is 0 Å². The fourth-order valence-corrected chi connectivity index (χ4v) is 4.69. The summed E-state index contributed by atoms with van der Waals surface area (Å²) < 4.78 is 13.3. The predicted octanol–water partition coefficient (Wildman–Crippen LogP) is 6.03. The maximum Gasteiger partial charge on any atom is 0.222 e. The van der Waals surface area contributed by atoms with Crippen molar-refractivity contribution >= 4 is 17.7 Å². The van der Waals surface area contributed by atoms with Crippen molar-refractivity contribution in [1.82, 2.24) is 0 Å². The molecule has 2 nitrogen and oxygen atoms in total. The van der Waals surface area contributed by atoms with Crippen molar-refractivity contribution < 1.29 is 9.47 Å². The minimum atomic E-state index is -1.06. The number of benzene rings is 2. The highest BCUT2D eigenvalue weighted by Gasteiger charge is 2.49. The molecule has 0 N–H and O–H groups in total. The van der Waals surface area contributed by atoms with Crippen LogP contribution in [-0.2, 0) is 9.47 Å². The standard InChI is InChI=1S/C27H20O2/c1-17-15-21-12-11-20-8-4-6-10-23(20)26(21)29-27(17)18(2)16-24-22-9-5-3-7-19(22)13-14-25(24)28-27/h3-16,25-26H,1-2H2. The summed E-state index contributed by atoms with van der Waals surface area (Å²) in [6, 6.07) is 16.7. The van der Waals surface area contributed by atoms with E-state index in [1.165, 1.54) is 16.7 Å². The second kappa shape index (κ2) is 5.90. The van der Waals surface area contributed by atoms with Crippen molar-refractivity contribution in [2.75, 3.05) is 0 Å². The normalized spacial score (nSPS) is 28.8. The van der Waals surface area contributed by atoms with Gasteiger partial charge >= 0.3 is 0 Å². The minimum absolute atomic E-state index is 0.198. The van der Waals surface area contributed by atoms with Gasteiger partial charge in [-0.15, -0.1) is 0 Å². The lowest BCUT2D eigenvalue weighted by molar-refractivity contribution is -0.214. The zero-order valence-corrected chi connectivity index (χ0v) is 16.0. The molecule has 140 valence electrons. The Balaban J connectivity index is 1.46. The van der Waals surface area contributed by atoms with Crippen LogP contribution in [0.2, 0.25) is 0 Å². The molecule has 29 heavy (non-hydrogen) atoms. The molecule has 0 radical (unpaired) electrons. The van der Waals surface area contributed by atoms with Crippen LogP contribution < -0.4 is 0 Å². The summed E-state index contributed by atoms with van der Waals surface area (Å²) in [6.07, 6.45) is 12.2. The molecule has 2 heterocycles. The molecule has 2 aliphatic heterocycles. The lowest BCUT2D eigenvalue weighted by atomic mass is 9.81. The fraction of sp³-hybridized carbons (Fsp3) is 0.111. The molecular formula is C27H20O2. The highest BCUT2D eigenvalue weighted by Crippen LogP contribution is 2.51. The van der Waals surface area contributed by atoms with Gasteiger partial charge in [-0.2, -0.15) is 0 Å². The van der Waals surface area contributed by atoms with Gasteiger partial charge in [0.2, 0.25) is 5.79 Å². The van der Waals surface area contributed by atoms with E-state index in [-0.39, 0.29) is 12.2 Å². The first kappa shape index (κ1) is 16.7. The summed E-state index contributed by atoms with van der Waals surface area (Å²) in [5.74, 6) is -1.06. The summed E-state index contributed by atoms with van der Waals surface area (Å²) in [5, 5.41) is 0. The average Bonchev–Trinajstić information content (AvgIpc) is 2.75. The zero-order valence-electron chi connectivity index (χ0n) is 16.0. The largest absolute Gasteiger partial charge is 0.330 e. The Kier molecular flexibility index (Phi) is 3.40. The molecule has 4 aliphatic rings. The van der Waals surface area contributed by atoms with Gasteiger partial charge in [0.1, 0.15) is 12.2 Å². The summed E-state index contributed by atoms with van der Waals surface area (Å²) >= 11 is 0. The number of hydrogen-bond donors (Lipinski definition) is 0. The van der Waals surface area contributed by atoms with Gasteiger partial charge in [-0.1, -0.05) is 86.0 Å². The second-order valence-electron chi connectivity index (χ2n) is 7.86. The van der Waals surface area contributed by atoms with Crippen LogP contribution in [0.5, 0.6) is 0 Å². The maximum atomic E-state index is 6.69. The smallest absolute Gasteiger partial charge is 0.222 e. The summed E-state index contributed by atoms with van der Waals surface area (Å²) in [7, 11) is 0. The molecule has 0 fully saturated rings. The third-order valence-electron chi connectivity index (χ3n) is 6.16. The van der Waals surface area contributed by atoms with Gasteiger partial charge in [0.05, 0.1) is 0 Å². The Bertz CT molecular complexity index is 1210. The van der Waals surface area contributed by atoms with Gasteiger partial charge < -0.3 is 9.47 Å². The van der Waals surface area contributed by atoms with Crippen molar-refractivity contribution in [3.05, 3.63) is 125 Å². The molecule has 3 atom stereocenters. The van der Waals surface area contributed by atoms with Crippen LogP contribution >= 0.6 is 0 Å². The van der Waals surface area contributed by atoms with Crippen molar-refractivity contribution in [2.24, 2.45) is 0 Å². The molecule has 2 aromatic rings. The predicted molar refractivity (Wildman–Crippen MR) is 117 cm³/mol. The van der Waals surface area contributed by atoms with Gasteiger partial charge in [-0.25, -0.2) is 0 Å². The molecule has 1 spiro atoms. The number of fused-ring (bicyclic) bond motifs is 6. The molecule has 2 aromatic carbocycles. The van der Waals surface area contributed by atoms with E-state index in [1.54, 1.807) is 0 Å². The Labute approximate surface area is 170 Å². The van der Waals surface area contributed by atoms with E-state index in [4.69, 9.17) is 9.47 Å². The third kappa shape index (κ3) is 2.30. The first-order valence-electron chi connectivity index (χ1n) is 9.88. The van der Waals surface area contributed by atoms with Crippen molar-refractivity contribution in [3.8, 4) is 0 Å². The Hall–Kier alpha value is -3.20. The van der Waals surface area contributed by atoms with E-state index in [1.807, 2.05) is 12.1 Å². The number of hydrogen-bond acceptors (Lipinski definition) is 2. The Morgan fingerprint density at radius 1 is 0.759 bits per heavy atom.